The van der Waals surface area contributed by atoms with Gasteiger partial charge < -0.3 is 5.32 Å². The monoisotopic (exact) mass is 513 g/mol. The van der Waals surface area contributed by atoms with Gasteiger partial charge in [0.2, 0.25) is 5.91 Å². The number of rotatable bonds is 8. The number of amides is 1. The molecule has 196 valence electrons. The first-order chi connectivity index (χ1) is 15.8. The number of alkyl halides is 4. The second-order valence-corrected chi connectivity index (χ2v) is 11.8. The molecule has 6 nitrogen and oxygen atoms in total. The summed E-state index contributed by atoms with van der Waals surface area (Å²) < 4.78 is 90.0. The lowest BCUT2D eigenvalue weighted by atomic mass is 9.68. The maximum Gasteiger partial charge on any atom is 0.431 e. The molecule has 0 aliphatic heterocycles. The van der Waals surface area contributed by atoms with Crippen molar-refractivity contribution in [2.24, 2.45) is 23.7 Å². The van der Waals surface area contributed by atoms with Crippen molar-refractivity contribution in [2.75, 3.05) is 0 Å². The van der Waals surface area contributed by atoms with Gasteiger partial charge in [-0.05, 0) is 38.0 Å². The number of carbonyl (C=O) groups is 2. The van der Waals surface area contributed by atoms with Crippen LogP contribution in [0.3, 0.4) is 0 Å². The summed E-state index contributed by atoms with van der Waals surface area (Å²) >= 11 is 0. The fraction of sp³-hybridized carbons (Fsp3) is 0.913. The van der Waals surface area contributed by atoms with Gasteiger partial charge in [0.1, 0.15) is 5.78 Å². The van der Waals surface area contributed by atoms with E-state index in [1.807, 2.05) is 0 Å². The van der Waals surface area contributed by atoms with Crippen LogP contribution in [0.1, 0.15) is 89.9 Å². The Bertz CT molecular complexity index is 838. The van der Waals surface area contributed by atoms with Crippen molar-refractivity contribution >= 4 is 21.8 Å². The van der Waals surface area contributed by atoms with E-state index in [-0.39, 0.29) is 37.0 Å². The summed E-state index contributed by atoms with van der Waals surface area (Å²) in [6.45, 7) is 0. The Morgan fingerprint density at radius 1 is 0.853 bits per heavy atom. The van der Waals surface area contributed by atoms with Crippen molar-refractivity contribution in [3.05, 3.63) is 0 Å². The molecule has 0 radical (unpaired) electrons. The Balaban J connectivity index is 1.81. The molecular formula is C23H35F4NO5S. The highest BCUT2D eigenvalue weighted by Crippen LogP contribution is 2.52. The summed E-state index contributed by atoms with van der Waals surface area (Å²) in [5.41, 5.74) is 0. The average Bonchev–Trinajstić information content (AvgIpc) is 2.79. The van der Waals surface area contributed by atoms with E-state index in [9.17, 15) is 26.8 Å². The third-order valence-electron chi connectivity index (χ3n) is 7.99. The van der Waals surface area contributed by atoms with Crippen LogP contribution >= 0.6 is 0 Å². The summed E-state index contributed by atoms with van der Waals surface area (Å²) in [6, 6.07) is -0.247. The molecule has 0 aromatic rings. The normalized spacial score (nSPS) is 28.4. The van der Waals surface area contributed by atoms with Gasteiger partial charge in [0.05, 0.1) is 0 Å². The minimum absolute atomic E-state index is 0.109. The maximum atomic E-state index is 15.1. The number of hydrogen-bond donors (Lipinski definition) is 2. The van der Waals surface area contributed by atoms with Gasteiger partial charge in [-0.3, -0.25) is 14.1 Å². The number of hydrogen-bond acceptors (Lipinski definition) is 4. The molecule has 0 saturated heterocycles. The largest absolute Gasteiger partial charge is 0.431 e. The van der Waals surface area contributed by atoms with E-state index < -0.39 is 51.4 Å². The molecular weight excluding hydrogens is 478 g/mol. The first-order valence-corrected chi connectivity index (χ1v) is 13.8. The highest BCUT2D eigenvalue weighted by molar-refractivity contribution is 7.87. The SMILES string of the molecule is O=C(CC1CCCCC1)C1CCC(C(=O)NC2CCCCC2)C(C(F)(F)C(F)(F)S(=O)(=O)O)C1. The zero-order chi connectivity index (χ0) is 25.1. The topological polar surface area (TPSA) is 101 Å². The number of Topliss-reactive ketones (excluding diaryl/α,β-unsaturated/α-hetero) is 1. The number of halogens is 4. The maximum absolute atomic E-state index is 15.1. The molecule has 34 heavy (non-hydrogen) atoms. The van der Waals surface area contributed by atoms with E-state index in [1.54, 1.807) is 0 Å². The van der Waals surface area contributed by atoms with Gasteiger partial charge in [0.25, 0.3) is 0 Å². The molecule has 0 bridgehead atoms. The van der Waals surface area contributed by atoms with Crippen LogP contribution in [-0.2, 0) is 19.7 Å². The van der Waals surface area contributed by atoms with Crippen LogP contribution in [0.25, 0.3) is 0 Å². The zero-order valence-corrected chi connectivity index (χ0v) is 20.1. The van der Waals surface area contributed by atoms with Crippen molar-refractivity contribution in [2.45, 2.75) is 107 Å². The van der Waals surface area contributed by atoms with Crippen LogP contribution in [-0.4, -0.2) is 41.9 Å². The molecule has 3 unspecified atom stereocenters. The fourth-order valence-corrected chi connectivity index (χ4v) is 6.46. The van der Waals surface area contributed by atoms with Crippen LogP contribution in [0.5, 0.6) is 0 Å². The number of carbonyl (C=O) groups excluding carboxylic acids is 2. The minimum atomic E-state index is -6.45. The summed E-state index contributed by atoms with van der Waals surface area (Å²) in [7, 11) is -6.45. The van der Waals surface area contributed by atoms with Crippen LogP contribution < -0.4 is 5.32 Å². The van der Waals surface area contributed by atoms with Crippen molar-refractivity contribution in [1.29, 1.82) is 0 Å². The standard InChI is InChI=1S/C23H35F4NO5S/c24-22(25,23(26,27)34(31,32)33)19-14-16(20(29)13-15-7-3-1-4-8-15)11-12-18(19)21(30)28-17-9-5-2-6-10-17/h15-19H,1-14H2,(H,28,30)(H,31,32,33). The first kappa shape index (κ1) is 27.4. The van der Waals surface area contributed by atoms with E-state index in [0.29, 0.717) is 12.8 Å². The molecule has 2 N–H and O–H groups in total. The molecule has 0 heterocycles. The number of nitrogens with one attached hydrogen (secondary N) is 1. The zero-order valence-electron chi connectivity index (χ0n) is 19.3. The molecule has 3 fully saturated rings. The Labute approximate surface area is 198 Å². The highest BCUT2D eigenvalue weighted by Gasteiger charge is 2.71. The summed E-state index contributed by atoms with van der Waals surface area (Å²) in [6.07, 6.45) is 8.10. The molecule has 3 rings (SSSR count). The number of ketones is 1. The molecule has 3 aliphatic rings. The Kier molecular flexibility index (Phi) is 8.69. The van der Waals surface area contributed by atoms with Crippen molar-refractivity contribution in [1.82, 2.24) is 5.32 Å². The third-order valence-corrected chi connectivity index (χ3v) is 8.91. The Hall–Kier alpha value is -1.23. The van der Waals surface area contributed by atoms with Crippen LogP contribution in [0.4, 0.5) is 17.6 Å². The lowest BCUT2D eigenvalue weighted by Crippen LogP contribution is -2.57. The van der Waals surface area contributed by atoms with Crippen LogP contribution in [0.15, 0.2) is 0 Å². The second kappa shape index (κ2) is 10.8. The molecule has 3 saturated carbocycles. The lowest BCUT2D eigenvalue weighted by Gasteiger charge is -2.41. The molecule has 3 atom stereocenters. The molecule has 11 heteroatoms. The van der Waals surface area contributed by atoms with E-state index in [0.717, 1.165) is 51.4 Å². The predicted molar refractivity (Wildman–Crippen MR) is 117 cm³/mol. The summed E-state index contributed by atoms with van der Waals surface area (Å²) in [4.78, 5) is 25.8. The van der Waals surface area contributed by atoms with Gasteiger partial charge >= 0.3 is 21.3 Å². The Morgan fingerprint density at radius 2 is 1.41 bits per heavy atom. The van der Waals surface area contributed by atoms with Gasteiger partial charge in [0, 0.05) is 30.2 Å². The predicted octanol–water partition coefficient (Wildman–Crippen LogP) is 5.12. The quantitative estimate of drug-likeness (QED) is 0.347. The van der Waals surface area contributed by atoms with Crippen molar-refractivity contribution < 1.29 is 40.1 Å². The molecule has 0 spiro atoms. The fourth-order valence-electron chi connectivity index (χ4n) is 5.96. The smallest absolute Gasteiger partial charge is 0.353 e. The van der Waals surface area contributed by atoms with E-state index in [2.05, 4.69) is 5.32 Å². The molecule has 3 aliphatic carbocycles. The van der Waals surface area contributed by atoms with Gasteiger partial charge in [-0.1, -0.05) is 51.4 Å². The van der Waals surface area contributed by atoms with Gasteiger partial charge in [0.15, 0.2) is 0 Å². The van der Waals surface area contributed by atoms with Crippen molar-refractivity contribution in [3.63, 3.8) is 0 Å². The Morgan fingerprint density at radius 3 is 1.97 bits per heavy atom. The highest BCUT2D eigenvalue weighted by atomic mass is 32.2. The first-order valence-electron chi connectivity index (χ1n) is 12.4. The molecule has 0 aromatic heterocycles. The average molecular weight is 514 g/mol. The summed E-state index contributed by atoms with van der Waals surface area (Å²) in [5.74, 6) is -11.1. The van der Waals surface area contributed by atoms with E-state index in [4.69, 9.17) is 4.55 Å². The van der Waals surface area contributed by atoms with E-state index >= 15 is 8.78 Å². The lowest BCUT2D eigenvalue weighted by molar-refractivity contribution is -0.213. The minimum Gasteiger partial charge on any atom is -0.353 e. The molecule has 0 aromatic carbocycles. The van der Waals surface area contributed by atoms with Crippen molar-refractivity contribution in [3.8, 4) is 0 Å². The summed E-state index contributed by atoms with van der Waals surface area (Å²) in [5, 5.41) is -3.10. The molecule has 1 amide bonds. The van der Waals surface area contributed by atoms with Crippen LogP contribution in [0, 0.1) is 23.7 Å². The van der Waals surface area contributed by atoms with Gasteiger partial charge in [-0.25, -0.2) is 0 Å². The van der Waals surface area contributed by atoms with E-state index in [1.165, 1.54) is 0 Å². The van der Waals surface area contributed by atoms with Gasteiger partial charge in [-0.15, -0.1) is 0 Å². The second-order valence-electron chi connectivity index (χ2n) is 10.4. The third kappa shape index (κ3) is 5.94. The van der Waals surface area contributed by atoms with Gasteiger partial charge in [-0.2, -0.15) is 26.0 Å². The van der Waals surface area contributed by atoms with Crippen LogP contribution in [0.2, 0.25) is 0 Å².